The van der Waals surface area contributed by atoms with Gasteiger partial charge in [0.15, 0.2) is 5.69 Å². The van der Waals surface area contributed by atoms with E-state index in [4.69, 9.17) is 9.94 Å². The summed E-state index contributed by atoms with van der Waals surface area (Å²) in [5.41, 5.74) is 0.926. The molecule has 0 saturated carbocycles. The third kappa shape index (κ3) is 1.54. The summed E-state index contributed by atoms with van der Waals surface area (Å²) in [6, 6.07) is 9.01. The van der Waals surface area contributed by atoms with Gasteiger partial charge in [0, 0.05) is 5.39 Å². The highest BCUT2D eigenvalue weighted by molar-refractivity contribution is 5.94. The van der Waals surface area contributed by atoms with Crippen molar-refractivity contribution >= 4 is 16.9 Å². The Kier molecular flexibility index (Phi) is 2.33. The van der Waals surface area contributed by atoms with Crippen molar-refractivity contribution in [3.05, 3.63) is 36.0 Å². The van der Waals surface area contributed by atoms with Gasteiger partial charge in [-0.05, 0) is 19.1 Å². The third-order valence-corrected chi connectivity index (χ3v) is 2.14. The second-order valence-corrected chi connectivity index (χ2v) is 3.11. The van der Waals surface area contributed by atoms with Crippen LogP contribution in [0.4, 0.5) is 0 Å². The van der Waals surface area contributed by atoms with Gasteiger partial charge in [0.2, 0.25) is 0 Å². The predicted octanol–water partition coefficient (Wildman–Crippen LogP) is 1.79. The second-order valence-electron chi connectivity index (χ2n) is 3.11. The van der Waals surface area contributed by atoms with Crippen molar-refractivity contribution in [3.8, 4) is 0 Å². The Bertz CT molecular complexity index is 502. The summed E-state index contributed by atoms with van der Waals surface area (Å²) in [6.07, 6.45) is 0. The molecule has 4 heteroatoms. The van der Waals surface area contributed by atoms with Crippen LogP contribution in [0.25, 0.3) is 10.9 Å². The summed E-state index contributed by atoms with van der Waals surface area (Å²) >= 11 is 0. The number of carboxylic acids is 1. The molecular formula is C11H11NO3. The van der Waals surface area contributed by atoms with Crippen LogP contribution in [-0.4, -0.2) is 22.4 Å². The summed E-state index contributed by atoms with van der Waals surface area (Å²) < 4.78 is 1.36. The molecule has 0 unspecified atom stereocenters. The molecule has 78 valence electrons. The normalized spacial score (nSPS) is 10.5. The van der Waals surface area contributed by atoms with E-state index in [9.17, 15) is 4.79 Å². The van der Waals surface area contributed by atoms with Crippen LogP contribution in [0.5, 0.6) is 0 Å². The Morgan fingerprint density at radius 2 is 2.20 bits per heavy atom. The largest absolute Gasteiger partial charge is 0.476 e. The number of aromatic carboxylic acids is 1. The zero-order chi connectivity index (χ0) is 10.8. The maximum absolute atomic E-state index is 11.0. The molecule has 2 rings (SSSR count). The Morgan fingerprint density at radius 3 is 2.87 bits per heavy atom. The van der Waals surface area contributed by atoms with Gasteiger partial charge in [-0.25, -0.2) is 4.79 Å². The molecular weight excluding hydrogens is 194 g/mol. The first-order valence-corrected chi connectivity index (χ1v) is 4.71. The van der Waals surface area contributed by atoms with E-state index >= 15 is 0 Å². The molecule has 0 aliphatic rings. The summed E-state index contributed by atoms with van der Waals surface area (Å²) in [5, 5.41) is 9.86. The minimum absolute atomic E-state index is 0.151. The third-order valence-electron chi connectivity index (χ3n) is 2.14. The van der Waals surface area contributed by atoms with Crippen LogP contribution in [0.3, 0.4) is 0 Å². The fraction of sp³-hybridized carbons (Fsp3) is 0.182. The van der Waals surface area contributed by atoms with E-state index in [1.807, 2.05) is 31.2 Å². The highest BCUT2D eigenvalue weighted by Gasteiger charge is 2.14. The van der Waals surface area contributed by atoms with E-state index in [0.717, 1.165) is 10.9 Å². The molecule has 0 aliphatic heterocycles. The summed E-state index contributed by atoms with van der Waals surface area (Å²) in [4.78, 5) is 16.3. The van der Waals surface area contributed by atoms with E-state index in [1.54, 1.807) is 6.07 Å². The number of aromatic nitrogens is 1. The fourth-order valence-corrected chi connectivity index (χ4v) is 1.55. The Morgan fingerprint density at radius 1 is 1.47 bits per heavy atom. The van der Waals surface area contributed by atoms with Crippen molar-refractivity contribution in [1.82, 2.24) is 4.73 Å². The van der Waals surface area contributed by atoms with Gasteiger partial charge in [0.25, 0.3) is 0 Å². The number of nitrogens with zero attached hydrogens (tertiary/aromatic N) is 1. The van der Waals surface area contributed by atoms with Crippen molar-refractivity contribution in [2.75, 3.05) is 6.61 Å². The fourth-order valence-electron chi connectivity index (χ4n) is 1.55. The molecule has 0 fully saturated rings. The summed E-state index contributed by atoms with van der Waals surface area (Å²) in [6.45, 7) is 2.25. The topological polar surface area (TPSA) is 51.5 Å². The van der Waals surface area contributed by atoms with Gasteiger partial charge in [0.1, 0.15) is 6.61 Å². The zero-order valence-corrected chi connectivity index (χ0v) is 8.30. The molecule has 4 nitrogen and oxygen atoms in total. The van der Waals surface area contributed by atoms with Crippen LogP contribution in [0.1, 0.15) is 17.4 Å². The standard InChI is InChI=1S/C11H11NO3/c1-2-15-12-9-6-4-3-5-8(9)7-10(12)11(13)14/h3-7H,2H2,1H3,(H,13,14). The van der Waals surface area contributed by atoms with Crippen LogP contribution in [0.2, 0.25) is 0 Å². The molecule has 0 spiro atoms. The molecule has 1 heterocycles. The second kappa shape index (κ2) is 3.65. The molecule has 0 radical (unpaired) electrons. The molecule has 1 N–H and O–H groups in total. The van der Waals surface area contributed by atoms with Crippen molar-refractivity contribution < 1.29 is 14.7 Å². The smallest absolute Gasteiger partial charge is 0.356 e. The molecule has 0 saturated heterocycles. The Balaban J connectivity index is 2.68. The molecule has 0 aliphatic carbocycles. The van der Waals surface area contributed by atoms with Gasteiger partial charge in [-0.15, -0.1) is 0 Å². The molecule has 0 bridgehead atoms. The average molecular weight is 205 g/mol. The highest BCUT2D eigenvalue weighted by Crippen LogP contribution is 2.18. The maximum Gasteiger partial charge on any atom is 0.356 e. The number of carbonyl (C=O) groups is 1. The minimum Gasteiger partial charge on any atom is -0.476 e. The van der Waals surface area contributed by atoms with Crippen molar-refractivity contribution in [2.45, 2.75) is 6.92 Å². The quantitative estimate of drug-likeness (QED) is 0.831. The minimum atomic E-state index is -0.986. The first-order chi connectivity index (χ1) is 7.24. The average Bonchev–Trinajstić information content (AvgIpc) is 2.58. The van der Waals surface area contributed by atoms with Crippen LogP contribution in [0.15, 0.2) is 30.3 Å². The van der Waals surface area contributed by atoms with Gasteiger partial charge >= 0.3 is 5.97 Å². The zero-order valence-electron chi connectivity index (χ0n) is 8.30. The van der Waals surface area contributed by atoms with Crippen molar-refractivity contribution in [2.24, 2.45) is 0 Å². The Hall–Kier alpha value is -1.97. The predicted molar refractivity (Wildman–Crippen MR) is 56.0 cm³/mol. The SMILES string of the molecule is CCOn1c(C(=O)O)cc2ccccc21. The first kappa shape index (κ1) is 9.58. The van der Waals surface area contributed by atoms with Gasteiger partial charge in [-0.1, -0.05) is 18.2 Å². The molecule has 0 amide bonds. The van der Waals surface area contributed by atoms with E-state index < -0.39 is 5.97 Å². The van der Waals surface area contributed by atoms with Crippen LogP contribution in [0, 0.1) is 0 Å². The van der Waals surface area contributed by atoms with E-state index in [1.165, 1.54) is 4.73 Å². The first-order valence-electron chi connectivity index (χ1n) is 4.71. The number of benzene rings is 1. The van der Waals surface area contributed by atoms with Gasteiger partial charge in [-0.2, -0.15) is 4.73 Å². The lowest BCUT2D eigenvalue weighted by molar-refractivity contribution is 0.0620. The van der Waals surface area contributed by atoms with Crippen LogP contribution in [-0.2, 0) is 0 Å². The molecule has 1 aromatic carbocycles. The number of hydrogen-bond donors (Lipinski definition) is 1. The lowest BCUT2D eigenvalue weighted by Gasteiger charge is -2.07. The molecule has 1 aromatic heterocycles. The monoisotopic (exact) mass is 205 g/mol. The number of carboxylic acid groups (broad SMARTS) is 1. The number of para-hydroxylation sites is 1. The van der Waals surface area contributed by atoms with Gasteiger partial charge in [-0.3, -0.25) is 0 Å². The molecule has 15 heavy (non-hydrogen) atoms. The summed E-state index contributed by atoms with van der Waals surface area (Å²) in [5.74, 6) is -0.986. The van der Waals surface area contributed by atoms with Crippen molar-refractivity contribution in [1.29, 1.82) is 0 Å². The molecule has 2 aromatic rings. The molecule has 0 atom stereocenters. The maximum atomic E-state index is 11.0. The van der Waals surface area contributed by atoms with Crippen LogP contribution < -0.4 is 4.84 Å². The lowest BCUT2D eigenvalue weighted by Crippen LogP contribution is -2.16. The van der Waals surface area contributed by atoms with Crippen LogP contribution >= 0.6 is 0 Å². The summed E-state index contributed by atoms with van der Waals surface area (Å²) in [7, 11) is 0. The van der Waals surface area contributed by atoms with Gasteiger partial charge < -0.3 is 9.94 Å². The Labute approximate surface area is 86.7 Å². The number of rotatable bonds is 3. The van der Waals surface area contributed by atoms with Gasteiger partial charge in [0.05, 0.1) is 5.52 Å². The number of fused-ring (bicyclic) bond motifs is 1. The van der Waals surface area contributed by atoms with Crippen molar-refractivity contribution in [3.63, 3.8) is 0 Å². The lowest BCUT2D eigenvalue weighted by atomic mass is 10.2. The van der Waals surface area contributed by atoms with E-state index in [0.29, 0.717) is 6.61 Å². The van der Waals surface area contributed by atoms with E-state index in [2.05, 4.69) is 0 Å². The number of hydrogen-bond acceptors (Lipinski definition) is 2. The van der Waals surface area contributed by atoms with E-state index in [-0.39, 0.29) is 5.69 Å². The highest BCUT2D eigenvalue weighted by atomic mass is 16.7.